The Morgan fingerprint density at radius 3 is 2.38 bits per heavy atom. The number of hydrogen-bond acceptors (Lipinski definition) is 2. The van der Waals surface area contributed by atoms with E-state index in [0.717, 1.165) is 18.3 Å². The number of benzene rings is 1. The summed E-state index contributed by atoms with van der Waals surface area (Å²) in [5.74, 6) is -0.602. The minimum atomic E-state index is -4.61. The zero-order chi connectivity index (χ0) is 17.9. The normalized spacial score (nSPS) is 11.3. The van der Waals surface area contributed by atoms with Crippen molar-refractivity contribution in [2.45, 2.75) is 6.18 Å². The monoisotopic (exact) mass is 336 g/mol. The summed E-state index contributed by atoms with van der Waals surface area (Å²) in [4.78, 5) is 28.7. The molecule has 1 heterocycles. The number of amides is 1. The third-order valence-corrected chi connectivity index (χ3v) is 3.44. The second kappa shape index (κ2) is 6.74. The summed E-state index contributed by atoms with van der Waals surface area (Å²) in [5, 5.41) is -0.187. The molecule has 0 saturated heterocycles. The molecule has 0 fully saturated rings. The average Bonchev–Trinajstić information content (AvgIpc) is 2.53. The molecule has 0 bridgehead atoms. The minimum Gasteiger partial charge on any atom is -0.360 e. The van der Waals surface area contributed by atoms with Crippen LogP contribution in [-0.2, 0) is 6.18 Å². The molecule has 1 N–H and O–H groups in total. The van der Waals surface area contributed by atoms with Crippen molar-refractivity contribution in [3.8, 4) is 0 Å². The number of nitrogens with one attached hydrogen (secondary N) is 1. The number of carbonyl (C=O) groups is 1. The number of pyridine rings is 1. The van der Waals surface area contributed by atoms with Crippen LogP contribution in [0.1, 0.15) is 15.9 Å². The van der Waals surface area contributed by atoms with Crippen LogP contribution in [0.25, 0.3) is 10.9 Å². The number of para-hydroxylation sites is 1. The van der Waals surface area contributed by atoms with E-state index in [1.165, 1.54) is 23.1 Å². The molecule has 0 aliphatic heterocycles. The fraction of sp³-hybridized carbons (Fsp3) is 0.176. The number of nitrogens with zero attached hydrogens (tertiary/aromatic N) is 1. The molecular formula is C17H15F3N2O2. The second-order valence-electron chi connectivity index (χ2n) is 5.04. The van der Waals surface area contributed by atoms with Gasteiger partial charge in [0.1, 0.15) is 5.56 Å². The highest BCUT2D eigenvalue weighted by atomic mass is 19.4. The van der Waals surface area contributed by atoms with E-state index >= 15 is 0 Å². The van der Waals surface area contributed by atoms with Crippen molar-refractivity contribution >= 4 is 16.8 Å². The summed E-state index contributed by atoms with van der Waals surface area (Å²) in [5.41, 5.74) is -2.28. The van der Waals surface area contributed by atoms with Gasteiger partial charge in [-0.15, -0.1) is 13.2 Å². The Labute approximate surface area is 135 Å². The number of aromatic nitrogens is 1. The van der Waals surface area contributed by atoms with Gasteiger partial charge in [-0.2, -0.15) is 13.2 Å². The van der Waals surface area contributed by atoms with Crippen molar-refractivity contribution in [2.75, 3.05) is 13.1 Å². The number of fused-ring (bicyclic) bond motifs is 1. The molecule has 0 saturated carbocycles. The van der Waals surface area contributed by atoms with E-state index in [1.54, 1.807) is 0 Å². The summed E-state index contributed by atoms with van der Waals surface area (Å²) in [7, 11) is 0. The van der Waals surface area contributed by atoms with Crippen LogP contribution in [0, 0.1) is 0 Å². The molecule has 1 aromatic carbocycles. The van der Waals surface area contributed by atoms with Crippen LogP contribution in [0.15, 0.2) is 54.5 Å². The third kappa shape index (κ3) is 3.24. The lowest BCUT2D eigenvalue weighted by atomic mass is 10.1. The van der Waals surface area contributed by atoms with E-state index < -0.39 is 23.1 Å². The van der Waals surface area contributed by atoms with Gasteiger partial charge in [0, 0.05) is 24.7 Å². The first-order chi connectivity index (χ1) is 11.3. The van der Waals surface area contributed by atoms with Gasteiger partial charge in [0.15, 0.2) is 0 Å². The first-order valence-corrected chi connectivity index (χ1v) is 7.04. The van der Waals surface area contributed by atoms with Crippen LogP contribution >= 0.6 is 0 Å². The number of halogens is 3. The molecule has 0 radical (unpaired) electrons. The molecule has 0 atom stereocenters. The van der Waals surface area contributed by atoms with E-state index in [0.29, 0.717) is 0 Å². The topological polar surface area (TPSA) is 53.2 Å². The minimum absolute atomic E-state index is 0.185. The van der Waals surface area contributed by atoms with E-state index in [2.05, 4.69) is 18.1 Å². The van der Waals surface area contributed by atoms with Gasteiger partial charge in [-0.25, -0.2) is 0 Å². The van der Waals surface area contributed by atoms with Crippen LogP contribution in [0.5, 0.6) is 0 Å². The number of rotatable bonds is 5. The fourth-order valence-electron chi connectivity index (χ4n) is 2.37. The Bertz CT molecular complexity index is 843. The van der Waals surface area contributed by atoms with Crippen LogP contribution < -0.4 is 5.43 Å². The lowest BCUT2D eigenvalue weighted by Crippen LogP contribution is -2.34. The maximum absolute atomic E-state index is 13.0. The maximum atomic E-state index is 13.0. The summed E-state index contributed by atoms with van der Waals surface area (Å²) < 4.78 is 39.1. The summed E-state index contributed by atoms with van der Waals surface area (Å²) in [6, 6.07) is 3.27. The van der Waals surface area contributed by atoms with Crippen molar-refractivity contribution in [2.24, 2.45) is 0 Å². The highest BCUT2D eigenvalue weighted by Crippen LogP contribution is 2.33. The Morgan fingerprint density at radius 2 is 1.83 bits per heavy atom. The van der Waals surface area contributed by atoms with Crippen LogP contribution in [0.2, 0.25) is 0 Å². The molecule has 1 aromatic heterocycles. The maximum Gasteiger partial charge on any atom is 0.418 e. The molecule has 2 rings (SSSR count). The summed E-state index contributed by atoms with van der Waals surface area (Å²) in [6.45, 7) is 7.43. The SMILES string of the molecule is C=CCN(CC=C)C(=O)c1c[nH]c2c(C(F)(F)F)cccc2c1=O. The molecule has 24 heavy (non-hydrogen) atoms. The number of H-pyrrole nitrogens is 1. The second-order valence-corrected chi connectivity index (χ2v) is 5.04. The van der Waals surface area contributed by atoms with Crippen molar-refractivity contribution in [3.63, 3.8) is 0 Å². The first-order valence-electron chi connectivity index (χ1n) is 7.04. The smallest absolute Gasteiger partial charge is 0.360 e. The van der Waals surface area contributed by atoms with Gasteiger partial charge in [0.25, 0.3) is 5.91 Å². The quantitative estimate of drug-likeness (QED) is 0.851. The van der Waals surface area contributed by atoms with Gasteiger partial charge in [0.2, 0.25) is 5.43 Å². The van der Waals surface area contributed by atoms with E-state index in [-0.39, 0.29) is 29.6 Å². The Hall–Kier alpha value is -2.83. The zero-order valence-electron chi connectivity index (χ0n) is 12.7. The lowest BCUT2D eigenvalue weighted by molar-refractivity contribution is -0.136. The van der Waals surface area contributed by atoms with Crippen molar-refractivity contribution < 1.29 is 18.0 Å². The third-order valence-electron chi connectivity index (χ3n) is 3.44. The van der Waals surface area contributed by atoms with Crippen molar-refractivity contribution in [1.29, 1.82) is 0 Å². The largest absolute Gasteiger partial charge is 0.418 e. The van der Waals surface area contributed by atoms with Gasteiger partial charge in [-0.1, -0.05) is 18.2 Å². The molecule has 0 aliphatic rings. The van der Waals surface area contributed by atoms with E-state index in [4.69, 9.17) is 0 Å². The molecule has 7 heteroatoms. The van der Waals surface area contributed by atoms with Gasteiger partial charge in [-0.3, -0.25) is 9.59 Å². The zero-order valence-corrected chi connectivity index (χ0v) is 12.7. The highest BCUT2D eigenvalue weighted by molar-refractivity contribution is 5.97. The van der Waals surface area contributed by atoms with Gasteiger partial charge >= 0.3 is 6.18 Å². The Balaban J connectivity index is 2.61. The standard InChI is InChI=1S/C17H15F3N2O2/c1-3-8-22(9-4-2)16(24)12-10-21-14-11(15(12)23)6-5-7-13(14)17(18,19)20/h3-7,10H,1-2,8-9H2,(H,21,23). The molecule has 1 amide bonds. The molecule has 0 spiro atoms. The van der Waals surface area contributed by atoms with Gasteiger partial charge in [0.05, 0.1) is 11.1 Å². The summed E-state index contributed by atoms with van der Waals surface area (Å²) in [6.07, 6.45) is -0.621. The van der Waals surface area contributed by atoms with Crippen LogP contribution in [0.3, 0.4) is 0 Å². The number of hydrogen-bond donors (Lipinski definition) is 1. The van der Waals surface area contributed by atoms with Crippen LogP contribution in [-0.4, -0.2) is 28.9 Å². The Kier molecular flexibility index (Phi) is 4.92. The fourth-order valence-corrected chi connectivity index (χ4v) is 2.37. The lowest BCUT2D eigenvalue weighted by Gasteiger charge is -2.19. The van der Waals surface area contributed by atoms with E-state index in [1.807, 2.05) is 0 Å². The molecule has 2 aromatic rings. The average molecular weight is 336 g/mol. The van der Waals surface area contributed by atoms with Gasteiger partial charge < -0.3 is 9.88 Å². The van der Waals surface area contributed by atoms with Gasteiger partial charge in [-0.05, 0) is 12.1 Å². The summed E-state index contributed by atoms with van der Waals surface area (Å²) >= 11 is 0. The number of carbonyl (C=O) groups excluding carboxylic acids is 1. The number of alkyl halides is 3. The molecule has 4 nitrogen and oxygen atoms in total. The predicted octanol–water partition coefficient (Wildman–Crippen LogP) is 3.36. The highest BCUT2D eigenvalue weighted by Gasteiger charge is 2.33. The number of aromatic amines is 1. The first kappa shape index (κ1) is 17.5. The molecule has 126 valence electrons. The Morgan fingerprint density at radius 1 is 1.21 bits per heavy atom. The van der Waals surface area contributed by atoms with Crippen molar-refractivity contribution in [1.82, 2.24) is 9.88 Å². The van der Waals surface area contributed by atoms with Crippen LogP contribution in [0.4, 0.5) is 13.2 Å². The molecular weight excluding hydrogens is 321 g/mol. The van der Waals surface area contributed by atoms with Crippen molar-refractivity contribution in [3.05, 3.63) is 71.1 Å². The molecule has 0 aliphatic carbocycles. The molecule has 0 unspecified atom stereocenters. The van der Waals surface area contributed by atoms with E-state index in [9.17, 15) is 22.8 Å². The predicted molar refractivity (Wildman–Crippen MR) is 85.9 cm³/mol.